The molecule has 3 nitrogen and oxygen atoms in total. The summed E-state index contributed by atoms with van der Waals surface area (Å²) in [4.78, 5) is 5.45. The predicted octanol–water partition coefficient (Wildman–Crippen LogP) is 1.55. The van der Waals surface area contributed by atoms with Crippen molar-refractivity contribution in [2.24, 2.45) is 5.41 Å². The van der Waals surface area contributed by atoms with E-state index in [0.29, 0.717) is 5.41 Å². The van der Waals surface area contributed by atoms with Crippen LogP contribution in [0.2, 0.25) is 0 Å². The SMILES string of the molecule is CCC1(CN2CCN(C3CC3)CC2)CCCNC1. The van der Waals surface area contributed by atoms with Crippen LogP contribution in [-0.2, 0) is 0 Å². The Bertz CT molecular complexity index is 261. The van der Waals surface area contributed by atoms with Crippen molar-refractivity contribution in [1.82, 2.24) is 15.1 Å². The first-order valence-electron chi connectivity index (χ1n) is 7.98. The lowest BCUT2D eigenvalue weighted by Gasteiger charge is -2.43. The predicted molar refractivity (Wildman–Crippen MR) is 75.9 cm³/mol. The molecule has 1 aliphatic carbocycles. The lowest BCUT2D eigenvalue weighted by Crippen LogP contribution is -2.53. The second-order valence-electron chi connectivity index (χ2n) is 6.68. The van der Waals surface area contributed by atoms with E-state index in [1.54, 1.807) is 0 Å². The molecular weight excluding hydrogens is 222 g/mol. The van der Waals surface area contributed by atoms with Crippen LogP contribution in [0.3, 0.4) is 0 Å². The topological polar surface area (TPSA) is 18.5 Å². The monoisotopic (exact) mass is 251 g/mol. The fourth-order valence-corrected chi connectivity index (χ4v) is 3.78. The van der Waals surface area contributed by atoms with Crippen LogP contribution < -0.4 is 5.32 Å². The average Bonchev–Trinajstić information content (AvgIpc) is 3.25. The van der Waals surface area contributed by atoms with Crippen LogP contribution in [0.15, 0.2) is 0 Å². The Balaban J connectivity index is 1.49. The van der Waals surface area contributed by atoms with Crippen LogP contribution in [0.5, 0.6) is 0 Å². The molecule has 3 fully saturated rings. The van der Waals surface area contributed by atoms with Gasteiger partial charge in [0.2, 0.25) is 0 Å². The molecule has 2 aliphatic heterocycles. The number of piperidine rings is 1. The Hall–Kier alpha value is -0.120. The summed E-state index contributed by atoms with van der Waals surface area (Å²) in [6.07, 6.45) is 7.06. The molecule has 2 heterocycles. The van der Waals surface area contributed by atoms with Crippen molar-refractivity contribution in [3.05, 3.63) is 0 Å². The summed E-state index contributed by atoms with van der Waals surface area (Å²) in [7, 11) is 0. The van der Waals surface area contributed by atoms with E-state index in [1.807, 2.05) is 0 Å². The zero-order valence-electron chi connectivity index (χ0n) is 12.0. The maximum Gasteiger partial charge on any atom is 0.0113 e. The zero-order valence-corrected chi connectivity index (χ0v) is 12.0. The van der Waals surface area contributed by atoms with Crippen LogP contribution in [-0.4, -0.2) is 61.7 Å². The maximum atomic E-state index is 3.62. The summed E-state index contributed by atoms with van der Waals surface area (Å²) in [6, 6.07) is 0.962. The van der Waals surface area contributed by atoms with Gasteiger partial charge < -0.3 is 10.2 Å². The third-order valence-electron chi connectivity index (χ3n) is 5.34. The van der Waals surface area contributed by atoms with Gasteiger partial charge in [0.25, 0.3) is 0 Å². The highest BCUT2D eigenvalue weighted by Crippen LogP contribution is 2.32. The van der Waals surface area contributed by atoms with Crippen molar-refractivity contribution in [1.29, 1.82) is 0 Å². The van der Waals surface area contributed by atoms with Gasteiger partial charge >= 0.3 is 0 Å². The molecule has 0 bridgehead atoms. The molecule has 0 spiro atoms. The van der Waals surface area contributed by atoms with Crippen molar-refractivity contribution < 1.29 is 0 Å². The van der Waals surface area contributed by atoms with E-state index in [2.05, 4.69) is 22.0 Å². The van der Waals surface area contributed by atoms with Gasteiger partial charge in [0, 0.05) is 45.3 Å². The summed E-state index contributed by atoms with van der Waals surface area (Å²) >= 11 is 0. The van der Waals surface area contributed by atoms with Crippen molar-refractivity contribution >= 4 is 0 Å². The molecule has 1 saturated carbocycles. The van der Waals surface area contributed by atoms with E-state index >= 15 is 0 Å². The summed E-state index contributed by atoms with van der Waals surface area (Å²) in [6.45, 7) is 11.4. The second-order valence-corrected chi connectivity index (χ2v) is 6.68. The lowest BCUT2D eigenvalue weighted by atomic mass is 9.78. The molecule has 2 saturated heterocycles. The molecule has 1 N–H and O–H groups in total. The van der Waals surface area contributed by atoms with E-state index in [1.165, 1.54) is 77.9 Å². The van der Waals surface area contributed by atoms with E-state index in [-0.39, 0.29) is 0 Å². The fourth-order valence-electron chi connectivity index (χ4n) is 3.78. The fraction of sp³-hybridized carbons (Fsp3) is 1.00. The first-order chi connectivity index (χ1) is 8.81. The van der Waals surface area contributed by atoms with E-state index in [4.69, 9.17) is 0 Å². The molecule has 0 radical (unpaired) electrons. The minimum atomic E-state index is 0.569. The van der Waals surface area contributed by atoms with E-state index in [0.717, 1.165) is 6.04 Å². The maximum absolute atomic E-state index is 3.62. The van der Waals surface area contributed by atoms with Gasteiger partial charge in [-0.25, -0.2) is 0 Å². The Morgan fingerprint density at radius 2 is 1.94 bits per heavy atom. The van der Waals surface area contributed by atoms with Gasteiger partial charge in [-0.3, -0.25) is 4.90 Å². The molecule has 3 aliphatic rings. The van der Waals surface area contributed by atoms with Gasteiger partial charge in [0.15, 0.2) is 0 Å². The van der Waals surface area contributed by atoms with E-state index in [9.17, 15) is 0 Å². The molecule has 3 heteroatoms. The van der Waals surface area contributed by atoms with Crippen molar-refractivity contribution in [2.75, 3.05) is 45.8 Å². The van der Waals surface area contributed by atoms with Gasteiger partial charge in [-0.1, -0.05) is 6.92 Å². The van der Waals surface area contributed by atoms with Crippen LogP contribution in [0.1, 0.15) is 39.0 Å². The Kier molecular flexibility index (Phi) is 3.92. The third-order valence-corrected chi connectivity index (χ3v) is 5.34. The van der Waals surface area contributed by atoms with Crippen LogP contribution in [0.25, 0.3) is 0 Å². The molecular formula is C15H29N3. The quantitative estimate of drug-likeness (QED) is 0.818. The largest absolute Gasteiger partial charge is 0.316 e. The highest BCUT2D eigenvalue weighted by molar-refractivity contribution is 4.91. The number of piperazine rings is 1. The molecule has 0 aromatic heterocycles. The highest BCUT2D eigenvalue weighted by atomic mass is 15.3. The number of nitrogens with zero attached hydrogens (tertiary/aromatic N) is 2. The minimum Gasteiger partial charge on any atom is -0.316 e. The van der Waals surface area contributed by atoms with Gasteiger partial charge in [-0.15, -0.1) is 0 Å². The van der Waals surface area contributed by atoms with Crippen molar-refractivity contribution in [3.63, 3.8) is 0 Å². The molecule has 3 rings (SSSR count). The lowest BCUT2D eigenvalue weighted by molar-refractivity contribution is 0.0645. The number of rotatable bonds is 4. The molecule has 1 atom stereocenters. The van der Waals surface area contributed by atoms with Gasteiger partial charge in [0.05, 0.1) is 0 Å². The summed E-state index contributed by atoms with van der Waals surface area (Å²) < 4.78 is 0. The van der Waals surface area contributed by atoms with Crippen LogP contribution in [0, 0.1) is 5.41 Å². The summed E-state index contributed by atoms with van der Waals surface area (Å²) in [5.74, 6) is 0. The minimum absolute atomic E-state index is 0.569. The molecule has 1 unspecified atom stereocenters. The number of nitrogens with one attached hydrogen (secondary N) is 1. The Morgan fingerprint density at radius 1 is 1.17 bits per heavy atom. The van der Waals surface area contributed by atoms with Gasteiger partial charge in [-0.05, 0) is 44.1 Å². The average molecular weight is 251 g/mol. The summed E-state index contributed by atoms with van der Waals surface area (Å²) in [5.41, 5.74) is 0.569. The Morgan fingerprint density at radius 3 is 2.50 bits per heavy atom. The van der Waals surface area contributed by atoms with Crippen molar-refractivity contribution in [2.45, 2.75) is 45.1 Å². The standard InChI is InChI=1S/C15H29N3/c1-2-15(6-3-7-16-12-15)13-17-8-10-18(11-9-17)14-4-5-14/h14,16H,2-13H2,1H3. The summed E-state index contributed by atoms with van der Waals surface area (Å²) in [5, 5.41) is 3.62. The van der Waals surface area contributed by atoms with Gasteiger partial charge in [-0.2, -0.15) is 0 Å². The number of hydrogen-bond donors (Lipinski definition) is 1. The zero-order chi connectivity index (χ0) is 12.4. The Labute approximate surface area is 112 Å². The molecule has 0 aromatic carbocycles. The van der Waals surface area contributed by atoms with Crippen molar-refractivity contribution in [3.8, 4) is 0 Å². The molecule has 0 amide bonds. The smallest absolute Gasteiger partial charge is 0.0113 e. The second kappa shape index (κ2) is 5.48. The first-order valence-corrected chi connectivity index (χ1v) is 7.98. The van der Waals surface area contributed by atoms with E-state index < -0.39 is 0 Å². The van der Waals surface area contributed by atoms with Crippen LogP contribution >= 0.6 is 0 Å². The number of hydrogen-bond acceptors (Lipinski definition) is 3. The molecule has 104 valence electrons. The normalized spacial score (nSPS) is 35.8. The highest BCUT2D eigenvalue weighted by Gasteiger charge is 2.35. The third kappa shape index (κ3) is 2.89. The first kappa shape index (κ1) is 12.9. The van der Waals surface area contributed by atoms with Crippen LogP contribution in [0.4, 0.5) is 0 Å². The van der Waals surface area contributed by atoms with Gasteiger partial charge in [0.1, 0.15) is 0 Å². The molecule has 18 heavy (non-hydrogen) atoms. The molecule has 0 aromatic rings.